The van der Waals surface area contributed by atoms with Crippen molar-refractivity contribution in [3.8, 4) is 0 Å². The van der Waals surface area contributed by atoms with Gasteiger partial charge in [0.15, 0.2) is 0 Å². The van der Waals surface area contributed by atoms with E-state index in [4.69, 9.17) is 0 Å². The number of hydrogen-bond donors (Lipinski definition) is 1. The normalized spacial score (nSPS) is 14.7. The fourth-order valence-electron chi connectivity index (χ4n) is 1.79. The maximum Gasteiger partial charge on any atom is 0.228 e. The molecule has 0 saturated carbocycles. The zero-order chi connectivity index (χ0) is 12.9. The van der Waals surface area contributed by atoms with Crippen molar-refractivity contribution in [3.63, 3.8) is 0 Å². The number of carbonyl (C=O) groups is 1. The third kappa shape index (κ3) is 4.35. The van der Waals surface area contributed by atoms with Crippen LogP contribution in [0.4, 0.5) is 0 Å². The second kappa shape index (κ2) is 6.69. The van der Waals surface area contributed by atoms with Crippen molar-refractivity contribution in [2.24, 2.45) is 11.8 Å². The highest BCUT2D eigenvalue weighted by atomic mass is 16.3. The maximum absolute atomic E-state index is 12.1. The molecule has 0 spiro atoms. The molecule has 2 unspecified atom stereocenters. The molecule has 3 heteroatoms. The molecule has 0 rings (SSSR count). The number of hydrogen-bond acceptors (Lipinski definition) is 2. The van der Waals surface area contributed by atoms with Crippen molar-refractivity contribution in [1.29, 1.82) is 0 Å². The number of nitrogens with zero attached hydrogens (tertiary/aromatic N) is 1. The van der Waals surface area contributed by atoms with Crippen molar-refractivity contribution in [2.75, 3.05) is 13.6 Å². The molecular formula is C13H25NO2. The number of aliphatic hydroxyl groups excluding tert-OH is 1. The standard InChI is InChI=1S/C13H25NO2/c1-7-14(6)13(16)12(10(4)5)11(15)8-9(2)3/h10-12,15H,2,7-8H2,1,3-6H3. The Balaban J connectivity index is 4.72. The first kappa shape index (κ1) is 15.2. The monoisotopic (exact) mass is 227 g/mol. The Morgan fingerprint density at radius 2 is 1.94 bits per heavy atom. The van der Waals surface area contributed by atoms with E-state index in [1.807, 2.05) is 27.7 Å². The Kier molecular flexibility index (Phi) is 6.34. The summed E-state index contributed by atoms with van der Waals surface area (Å²) in [6.45, 7) is 12.2. The van der Waals surface area contributed by atoms with Crippen molar-refractivity contribution in [2.45, 2.75) is 40.2 Å². The van der Waals surface area contributed by atoms with Gasteiger partial charge in [0.2, 0.25) is 5.91 Å². The smallest absolute Gasteiger partial charge is 0.228 e. The average molecular weight is 227 g/mol. The minimum atomic E-state index is -0.626. The molecular weight excluding hydrogens is 202 g/mol. The van der Waals surface area contributed by atoms with E-state index in [9.17, 15) is 9.90 Å². The van der Waals surface area contributed by atoms with Gasteiger partial charge in [0.05, 0.1) is 12.0 Å². The molecule has 0 aliphatic carbocycles. The van der Waals surface area contributed by atoms with Gasteiger partial charge in [0.1, 0.15) is 0 Å². The molecule has 94 valence electrons. The minimum absolute atomic E-state index is 0.0197. The molecule has 0 aliphatic heterocycles. The Morgan fingerprint density at radius 1 is 1.44 bits per heavy atom. The van der Waals surface area contributed by atoms with Crippen molar-refractivity contribution in [3.05, 3.63) is 12.2 Å². The third-order valence-electron chi connectivity index (χ3n) is 2.83. The van der Waals surface area contributed by atoms with Crippen LogP contribution in [0.25, 0.3) is 0 Å². The minimum Gasteiger partial charge on any atom is -0.392 e. The van der Waals surface area contributed by atoms with Crippen molar-refractivity contribution < 1.29 is 9.90 Å². The molecule has 1 amide bonds. The van der Waals surface area contributed by atoms with Gasteiger partial charge in [-0.1, -0.05) is 19.4 Å². The second-order valence-corrected chi connectivity index (χ2v) is 4.85. The van der Waals surface area contributed by atoms with E-state index in [1.165, 1.54) is 0 Å². The van der Waals surface area contributed by atoms with Crippen LogP contribution in [0, 0.1) is 11.8 Å². The molecule has 0 fully saturated rings. The average Bonchev–Trinajstić information content (AvgIpc) is 2.14. The zero-order valence-corrected chi connectivity index (χ0v) is 11.2. The van der Waals surface area contributed by atoms with E-state index >= 15 is 0 Å². The third-order valence-corrected chi connectivity index (χ3v) is 2.83. The van der Waals surface area contributed by atoms with Crippen LogP contribution in [0.5, 0.6) is 0 Å². The summed E-state index contributed by atoms with van der Waals surface area (Å²) in [6.07, 6.45) is -0.134. The summed E-state index contributed by atoms with van der Waals surface area (Å²) in [5.41, 5.74) is 0.908. The second-order valence-electron chi connectivity index (χ2n) is 4.85. The number of amides is 1. The lowest BCUT2D eigenvalue weighted by atomic mass is 9.86. The van der Waals surface area contributed by atoms with E-state index in [0.29, 0.717) is 13.0 Å². The summed E-state index contributed by atoms with van der Waals surface area (Å²) in [5, 5.41) is 10.1. The number of rotatable bonds is 6. The summed E-state index contributed by atoms with van der Waals surface area (Å²) < 4.78 is 0. The lowest BCUT2D eigenvalue weighted by Gasteiger charge is -2.29. The van der Waals surface area contributed by atoms with Crippen LogP contribution in [0.15, 0.2) is 12.2 Å². The Morgan fingerprint density at radius 3 is 2.25 bits per heavy atom. The fraction of sp³-hybridized carbons (Fsp3) is 0.769. The van der Waals surface area contributed by atoms with Crippen LogP contribution in [0.1, 0.15) is 34.1 Å². The Labute approximate surface area is 99.1 Å². The lowest BCUT2D eigenvalue weighted by molar-refractivity contribution is -0.139. The summed E-state index contributed by atoms with van der Waals surface area (Å²) >= 11 is 0. The highest BCUT2D eigenvalue weighted by molar-refractivity contribution is 5.79. The zero-order valence-electron chi connectivity index (χ0n) is 11.2. The molecule has 0 bridgehead atoms. The molecule has 0 aromatic rings. The van der Waals surface area contributed by atoms with E-state index in [0.717, 1.165) is 5.57 Å². The molecule has 0 radical (unpaired) electrons. The molecule has 3 nitrogen and oxygen atoms in total. The lowest BCUT2D eigenvalue weighted by Crippen LogP contribution is -2.41. The Hall–Kier alpha value is -0.830. The van der Waals surface area contributed by atoms with Gasteiger partial charge in [-0.05, 0) is 26.2 Å². The van der Waals surface area contributed by atoms with Gasteiger partial charge >= 0.3 is 0 Å². The first-order valence-electron chi connectivity index (χ1n) is 5.88. The van der Waals surface area contributed by atoms with E-state index < -0.39 is 6.10 Å². The molecule has 1 N–H and O–H groups in total. The molecule has 2 atom stereocenters. The van der Waals surface area contributed by atoms with Crippen LogP contribution < -0.4 is 0 Å². The van der Waals surface area contributed by atoms with Gasteiger partial charge in [-0.3, -0.25) is 4.79 Å². The number of aliphatic hydroxyl groups is 1. The number of carbonyl (C=O) groups excluding carboxylic acids is 1. The Bertz CT molecular complexity index is 248. The summed E-state index contributed by atoms with van der Waals surface area (Å²) in [6, 6.07) is 0. The molecule has 0 aromatic heterocycles. The van der Waals surface area contributed by atoms with E-state index in [-0.39, 0.29) is 17.7 Å². The predicted octanol–water partition coefficient (Wildman–Crippen LogP) is 2.06. The van der Waals surface area contributed by atoms with E-state index in [2.05, 4.69) is 6.58 Å². The summed E-state index contributed by atoms with van der Waals surface area (Å²) in [4.78, 5) is 13.7. The highest BCUT2D eigenvalue weighted by Gasteiger charge is 2.31. The van der Waals surface area contributed by atoms with Gasteiger partial charge in [-0.2, -0.15) is 0 Å². The first-order valence-corrected chi connectivity index (χ1v) is 5.88. The van der Waals surface area contributed by atoms with Crippen molar-refractivity contribution >= 4 is 5.91 Å². The SMILES string of the molecule is C=C(C)CC(O)C(C(=O)N(C)CC)C(C)C. The summed E-state index contributed by atoms with van der Waals surface area (Å²) in [7, 11) is 1.77. The van der Waals surface area contributed by atoms with Gasteiger partial charge in [0.25, 0.3) is 0 Å². The van der Waals surface area contributed by atoms with Crippen LogP contribution in [-0.2, 0) is 4.79 Å². The van der Waals surface area contributed by atoms with Crippen LogP contribution in [0.2, 0.25) is 0 Å². The van der Waals surface area contributed by atoms with Gasteiger partial charge in [0, 0.05) is 13.6 Å². The first-order chi connectivity index (χ1) is 7.31. The highest BCUT2D eigenvalue weighted by Crippen LogP contribution is 2.22. The van der Waals surface area contributed by atoms with Crippen LogP contribution in [0.3, 0.4) is 0 Å². The quantitative estimate of drug-likeness (QED) is 0.706. The topological polar surface area (TPSA) is 40.5 Å². The molecule has 0 heterocycles. The van der Waals surface area contributed by atoms with Crippen molar-refractivity contribution in [1.82, 2.24) is 4.90 Å². The largest absolute Gasteiger partial charge is 0.392 e. The predicted molar refractivity (Wildman–Crippen MR) is 67.1 cm³/mol. The molecule has 16 heavy (non-hydrogen) atoms. The summed E-state index contributed by atoms with van der Waals surface area (Å²) in [5.74, 6) is -0.177. The van der Waals surface area contributed by atoms with E-state index in [1.54, 1.807) is 11.9 Å². The molecule has 0 aromatic carbocycles. The van der Waals surface area contributed by atoms with Crippen LogP contribution >= 0.6 is 0 Å². The fourth-order valence-corrected chi connectivity index (χ4v) is 1.79. The maximum atomic E-state index is 12.1. The molecule has 0 saturated heterocycles. The van der Waals surface area contributed by atoms with Gasteiger partial charge in [-0.15, -0.1) is 6.58 Å². The van der Waals surface area contributed by atoms with Crippen LogP contribution in [-0.4, -0.2) is 35.6 Å². The van der Waals surface area contributed by atoms with Gasteiger partial charge in [-0.25, -0.2) is 0 Å². The molecule has 0 aliphatic rings. The van der Waals surface area contributed by atoms with Gasteiger partial charge < -0.3 is 10.0 Å².